The molecular weight excluding hydrogens is 533 g/mol. The average Bonchev–Trinajstić information content (AvgIpc) is 2.82. The molecule has 1 atom stereocenters. The van der Waals surface area contributed by atoms with Gasteiger partial charge in [0.05, 0.1) is 39.6 Å². The molecule has 0 N–H and O–H groups in total. The Morgan fingerprint density at radius 3 is 2.41 bits per heavy atom. The van der Waals surface area contributed by atoms with Crippen molar-refractivity contribution in [1.82, 2.24) is 0 Å². The second-order valence-corrected chi connectivity index (χ2v) is 12.8. The summed E-state index contributed by atoms with van der Waals surface area (Å²) in [6.07, 6.45) is -3.05. The Labute approximate surface area is 227 Å². The fourth-order valence-corrected chi connectivity index (χ4v) is 6.68. The second-order valence-electron chi connectivity index (χ2n) is 11.0. The molecular formula is C28H33F3N2O5S. The number of nitrogens with zero attached hydrogens (tertiary/aromatic N) is 2. The molecule has 2 heterocycles. The minimum atomic E-state index is -4.72. The molecule has 0 amide bonds. The van der Waals surface area contributed by atoms with Crippen molar-refractivity contribution in [2.45, 2.75) is 76.0 Å². The summed E-state index contributed by atoms with van der Waals surface area (Å²) in [6.45, 7) is 9.16. The van der Waals surface area contributed by atoms with Crippen LogP contribution in [0.1, 0.15) is 58.6 Å². The van der Waals surface area contributed by atoms with Gasteiger partial charge in [-0.3, -0.25) is 9.10 Å². The van der Waals surface area contributed by atoms with Gasteiger partial charge in [-0.05, 0) is 75.2 Å². The lowest BCUT2D eigenvalue weighted by molar-refractivity contribution is -0.148. The number of fused-ring (bicyclic) bond motifs is 1. The maximum Gasteiger partial charge on any atom is 0.416 e. The first kappa shape index (κ1) is 28.9. The molecule has 39 heavy (non-hydrogen) atoms. The predicted molar refractivity (Wildman–Crippen MR) is 143 cm³/mol. The van der Waals surface area contributed by atoms with E-state index in [1.54, 1.807) is 31.0 Å². The van der Waals surface area contributed by atoms with Crippen LogP contribution in [0.3, 0.4) is 0 Å². The van der Waals surface area contributed by atoms with Crippen molar-refractivity contribution in [2.24, 2.45) is 0 Å². The van der Waals surface area contributed by atoms with Gasteiger partial charge in [-0.15, -0.1) is 0 Å². The number of likely N-dealkylation sites (N-methyl/N-ethyl adjacent to an activating group) is 1. The van der Waals surface area contributed by atoms with E-state index >= 15 is 0 Å². The summed E-state index contributed by atoms with van der Waals surface area (Å²) in [6, 6.07) is 8.95. The van der Waals surface area contributed by atoms with Crippen molar-refractivity contribution in [3.63, 3.8) is 0 Å². The fourth-order valence-electron chi connectivity index (χ4n) is 5.17. The van der Waals surface area contributed by atoms with E-state index in [1.165, 1.54) is 0 Å². The maximum atomic E-state index is 13.9. The van der Waals surface area contributed by atoms with Crippen LogP contribution in [0.4, 0.5) is 24.5 Å². The molecule has 11 heteroatoms. The van der Waals surface area contributed by atoms with Gasteiger partial charge in [0, 0.05) is 19.9 Å². The van der Waals surface area contributed by atoms with Gasteiger partial charge < -0.3 is 14.4 Å². The largest absolute Gasteiger partial charge is 0.440 e. The van der Waals surface area contributed by atoms with E-state index < -0.39 is 50.1 Å². The van der Waals surface area contributed by atoms with Crippen molar-refractivity contribution in [3.05, 3.63) is 59.7 Å². The molecule has 2 aliphatic heterocycles. The van der Waals surface area contributed by atoms with Gasteiger partial charge in [0.15, 0.2) is 6.23 Å². The second kappa shape index (κ2) is 9.85. The number of esters is 1. The van der Waals surface area contributed by atoms with E-state index in [2.05, 4.69) is 0 Å². The first-order chi connectivity index (χ1) is 17.9. The highest BCUT2D eigenvalue weighted by Crippen LogP contribution is 2.44. The molecule has 4 rings (SSSR count). The Hall–Kier alpha value is -3.05. The minimum absolute atomic E-state index is 0.0817. The first-order valence-corrected chi connectivity index (χ1v) is 14.1. The standard InChI is InChI=1S/C28H33F3N2O5S/c1-7-25(34)37-24-17-33(39(35,36)21-10-8-9-20(14-21)28(29,30)31)23-13-18(11-12-22(23)32(24)6)19-15-26(2,3)38-27(4,5)16-19/h8-15,24H,7,16-17H2,1-6H3/t24-/m0/s1. The predicted octanol–water partition coefficient (Wildman–Crippen LogP) is 5.99. The number of sulfonamides is 1. The molecule has 0 radical (unpaired) electrons. The van der Waals surface area contributed by atoms with Crippen LogP contribution >= 0.6 is 0 Å². The van der Waals surface area contributed by atoms with E-state index in [4.69, 9.17) is 9.47 Å². The normalized spacial score (nSPS) is 20.7. The number of carbonyl (C=O) groups is 1. The summed E-state index contributed by atoms with van der Waals surface area (Å²) in [5, 5.41) is 0. The van der Waals surface area contributed by atoms with Gasteiger partial charge >= 0.3 is 12.1 Å². The number of rotatable bonds is 5. The number of anilines is 2. The molecule has 0 saturated carbocycles. The summed E-state index contributed by atoms with van der Waals surface area (Å²) < 4.78 is 80.8. The summed E-state index contributed by atoms with van der Waals surface area (Å²) in [5.41, 5.74) is 0.353. The molecule has 0 spiro atoms. The first-order valence-electron chi connectivity index (χ1n) is 12.6. The monoisotopic (exact) mass is 566 g/mol. The Kier molecular flexibility index (Phi) is 7.31. The Bertz CT molecular complexity index is 1420. The summed E-state index contributed by atoms with van der Waals surface area (Å²) >= 11 is 0. The highest BCUT2D eigenvalue weighted by atomic mass is 32.2. The molecule has 0 aromatic heterocycles. The third-order valence-electron chi connectivity index (χ3n) is 6.73. The van der Waals surface area contributed by atoms with Crippen LogP contribution < -0.4 is 9.21 Å². The number of benzene rings is 2. The van der Waals surface area contributed by atoms with Gasteiger partial charge in [0.25, 0.3) is 10.0 Å². The molecule has 2 aromatic carbocycles. The van der Waals surface area contributed by atoms with Crippen molar-refractivity contribution < 1.29 is 35.9 Å². The molecule has 0 unspecified atom stereocenters. The van der Waals surface area contributed by atoms with Crippen molar-refractivity contribution in [1.29, 1.82) is 0 Å². The Morgan fingerprint density at radius 1 is 1.10 bits per heavy atom. The van der Waals surface area contributed by atoms with Crippen LogP contribution in [0.2, 0.25) is 0 Å². The number of hydrogen-bond donors (Lipinski definition) is 0. The minimum Gasteiger partial charge on any atom is -0.440 e. The maximum absolute atomic E-state index is 13.9. The fraction of sp³-hybridized carbons (Fsp3) is 0.464. The van der Waals surface area contributed by atoms with Crippen molar-refractivity contribution in [3.8, 4) is 0 Å². The van der Waals surface area contributed by atoms with Gasteiger partial charge in [-0.25, -0.2) is 8.42 Å². The number of hydrogen-bond acceptors (Lipinski definition) is 6. The number of ether oxygens (including phenoxy) is 2. The van der Waals surface area contributed by atoms with Crippen LogP contribution in [-0.4, -0.2) is 45.4 Å². The molecule has 0 aliphatic carbocycles. The lowest BCUT2D eigenvalue weighted by atomic mass is 9.85. The van der Waals surface area contributed by atoms with Crippen LogP contribution in [0.15, 0.2) is 53.4 Å². The molecule has 0 fully saturated rings. The van der Waals surface area contributed by atoms with Crippen LogP contribution in [-0.2, 0) is 30.5 Å². The van der Waals surface area contributed by atoms with E-state index in [0.717, 1.165) is 33.6 Å². The van der Waals surface area contributed by atoms with Crippen molar-refractivity contribution in [2.75, 3.05) is 22.8 Å². The number of alkyl halides is 3. The van der Waals surface area contributed by atoms with Gasteiger partial charge in [-0.2, -0.15) is 13.2 Å². The third-order valence-corrected chi connectivity index (χ3v) is 8.51. The van der Waals surface area contributed by atoms with Crippen LogP contribution in [0.5, 0.6) is 0 Å². The molecule has 0 bridgehead atoms. The molecule has 2 aromatic rings. The van der Waals surface area contributed by atoms with Gasteiger partial charge in [0.2, 0.25) is 0 Å². The van der Waals surface area contributed by atoms with E-state index in [0.29, 0.717) is 18.2 Å². The quantitative estimate of drug-likeness (QED) is 0.414. The molecule has 7 nitrogen and oxygen atoms in total. The molecule has 212 valence electrons. The highest BCUT2D eigenvalue weighted by Gasteiger charge is 2.40. The summed E-state index contributed by atoms with van der Waals surface area (Å²) in [4.78, 5) is 13.3. The zero-order valence-electron chi connectivity index (χ0n) is 22.8. The van der Waals surface area contributed by atoms with E-state index in [9.17, 15) is 26.4 Å². The summed E-state index contributed by atoms with van der Waals surface area (Å²) in [7, 11) is -2.80. The number of carbonyl (C=O) groups excluding carboxylic acids is 1. The third kappa shape index (κ3) is 5.94. The number of halogens is 3. The molecule has 2 aliphatic rings. The topological polar surface area (TPSA) is 76.1 Å². The van der Waals surface area contributed by atoms with E-state index in [-0.39, 0.29) is 18.7 Å². The smallest absolute Gasteiger partial charge is 0.416 e. The van der Waals surface area contributed by atoms with Gasteiger partial charge in [-0.1, -0.05) is 19.1 Å². The lowest BCUT2D eigenvalue weighted by Crippen LogP contribution is -2.51. The van der Waals surface area contributed by atoms with Crippen LogP contribution in [0.25, 0.3) is 5.57 Å². The lowest BCUT2D eigenvalue weighted by Gasteiger charge is -2.42. The zero-order chi connectivity index (χ0) is 29.0. The average molecular weight is 567 g/mol. The summed E-state index contributed by atoms with van der Waals surface area (Å²) in [5.74, 6) is -0.528. The van der Waals surface area contributed by atoms with Crippen LogP contribution in [0, 0.1) is 0 Å². The zero-order valence-corrected chi connectivity index (χ0v) is 23.6. The van der Waals surface area contributed by atoms with E-state index in [1.807, 2.05) is 39.8 Å². The van der Waals surface area contributed by atoms with Crippen molar-refractivity contribution >= 4 is 32.9 Å². The molecule has 0 saturated heterocycles. The SMILES string of the molecule is CCC(=O)O[C@H]1CN(S(=O)(=O)c2cccc(C(F)(F)F)c2)c2cc(C3=CC(C)(C)OC(C)(C)C3)ccc2N1C. The Morgan fingerprint density at radius 2 is 1.79 bits per heavy atom. The Balaban J connectivity index is 1.87. The highest BCUT2D eigenvalue weighted by molar-refractivity contribution is 7.92. The van der Waals surface area contributed by atoms with Gasteiger partial charge in [0.1, 0.15) is 0 Å².